The third kappa shape index (κ3) is 6.52. The van der Waals surface area contributed by atoms with Crippen LogP contribution in [-0.2, 0) is 24.8 Å². The Morgan fingerprint density at radius 1 is 0.907 bits per heavy atom. The van der Waals surface area contributed by atoms with Crippen LogP contribution >= 0.6 is 0 Å². The van der Waals surface area contributed by atoms with Gasteiger partial charge in [-0.25, -0.2) is 21.8 Å². The number of fused-ring (bicyclic) bond motifs is 1. The van der Waals surface area contributed by atoms with Crippen LogP contribution < -0.4 is 14.8 Å². The molecule has 0 atom stereocenters. The molecule has 1 amide bonds. The second-order valence-electron chi connectivity index (χ2n) is 9.61. The van der Waals surface area contributed by atoms with E-state index in [0.29, 0.717) is 33.6 Å². The van der Waals surface area contributed by atoms with Crippen molar-refractivity contribution in [1.29, 1.82) is 0 Å². The Morgan fingerprint density at radius 2 is 1.53 bits per heavy atom. The van der Waals surface area contributed by atoms with E-state index in [1.807, 2.05) is 6.07 Å². The van der Waals surface area contributed by atoms with E-state index < -0.39 is 32.5 Å². The molecule has 0 spiro atoms. The van der Waals surface area contributed by atoms with Gasteiger partial charge in [0.1, 0.15) is 6.54 Å². The molecule has 5 rings (SSSR count). The van der Waals surface area contributed by atoms with Crippen LogP contribution in [0.15, 0.2) is 113 Å². The van der Waals surface area contributed by atoms with Gasteiger partial charge >= 0.3 is 0 Å². The molecular formula is C30H27N5O6S2. The number of sulfonamides is 2. The highest BCUT2D eigenvalue weighted by atomic mass is 32.2. The third-order valence-electron chi connectivity index (χ3n) is 6.45. The molecule has 5 aromatic rings. The van der Waals surface area contributed by atoms with Gasteiger partial charge in [0.05, 0.1) is 33.8 Å². The van der Waals surface area contributed by atoms with E-state index in [2.05, 4.69) is 9.71 Å². The zero-order chi connectivity index (χ0) is 30.8. The van der Waals surface area contributed by atoms with Crippen molar-refractivity contribution in [3.05, 3.63) is 114 Å². The summed E-state index contributed by atoms with van der Waals surface area (Å²) in [4.78, 5) is 19.1. The second kappa shape index (κ2) is 11.6. The van der Waals surface area contributed by atoms with Crippen molar-refractivity contribution in [2.24, 2.45) is 10.7 Å². The van der Waals surface area contributed by atoms with Crippen LogP contribution in [0.5, 0.6) is 5.88 Å². The molecule has 43 heavy (non-hydrogen) atoms. The summed E-state index contributed by atoms with van der Waals surface area (Å²) in [6, 6.07) is 28.0. The molecule has 0 radical (unpaired) electrons. The highest BCUT2D eigenvalue weighted by Gasteiger charge is 2.23. The first-order valence-electron chi connectivity index (χ1n) is 12.9. The Balaban J connectivity index is 1.62. The first-order chi connectivity index (χ1) is 20.4. The van der Waals surface area contributed by atoms with Crippen LogP contribution in [0, 0.1) is 0 Å². The molecule has 0 bridgehead atoms. The van der Waals surface area contributed by atoms with Gasteiger partial charge in [0.25, 0.3) is 10.0 Å². The number of aromatic amines is 1. The molecule has 0 aliphatic carbocycles. The van der Waals surface area contributed by atoms with Crippen LogP contribution in [0.4, 0.5) is 17.1 Å². The number of anilines is 2. The minimum atomic E-state index is -3.97. The van der Waals surface area contributed by atoms with Gasteiger partial charge in [0, 0.05) is 22.2 Å². The van der Waals surface area contributed by atoms with Crippen molar-refractivity contribution in [2.45, 2.75) is 4.90 Å². The number of hydrogen-bond acceptors (Lipinski definition) is 7. The maximum atomic E-state index is 13.2. The molecule has 0 fully saturated rings. The number of amides is 1. The molecule has 220 valence electrons. The summed E-state index contributed by atoms with van der Waals surface area (Å²) >= 11 is 0. The number of para-hydroxylation sites is 1. The third-order valence-corrected chi connectivity index (χ3v) is 8.97. The second-order valence-corrected chi connectivity index (χ2v) is 13.2. The minimum Gasteiger partial charge on any atom is -0.494 e. The number of benzene rings is 4. The SMILES string of the molecule is CS(=O)(=O)N(CC(N)=O)c1ccc(N=C(c2ccccc2)c2c(O)[nH]c3ccc(S(=O)(=O)Nc4ccccc4)cc23)cc1. The van der Waals surface area contributed by atoms with Crippen molar-refractivity contribution in [3.63, 3.8) is 0 Å². The number of rotatable bonds is 10. The van der Waals surface area contributed by atoms with E-state index in [-0.39, 0.29) is 22.0 Å². The molecule has 1 aromatic heterocycles. The van der Waals surface area contributed by atoms with Gasteiger partial charge in [-0.2, -0.15) is 0 Å². The van der Waals surface area contributed by atoms with E-state index in [1.165, 1.54) is 24.3 Å². The molecule has 0 aliphatic heterocycles. The van der Waals surface area contributed by atoms with E-state index >= 15 is 0 Å². The Bertz CT molecular complexity index is 2040. The van der Waals surface area contributed by atoms with Crippen molar-refractivity contribution >= 4 is 59.6 Å². The number of carbonyl (C=O) groups excluding carboxylic acids is 1. The molecule has 11 nitrogen and oxygen atoms in total. The van der Waals surface area contributed by atoms with E-state index in [0.717, 1.165) is 10.6 Å². The van der Waals surface area contributed by atoms with Crippen molar-refractivity contribution in [1.82, 2.24) is 4.98 Å². The largest absolute Gasteiger partial charge is 0.494 e. The number of H-pyrrole nitrogens is 1. The topological polar surface area (TPSA) is 175 Å². The summed E-state index contributed by atoms with van der Waals surface area (Å²) in [5.74, 6) is -1.03. The number of hydrogen-bond donors (Lipinski definition) is 4. The van der Waals surface area contributed by atoms with Gasteiger partial charge in [-0.15, -0.1) is 0 Å². The minimum absolute atomic E-state index is 0.0174. The number of aromatic nitrogens is 1. The van der Waals surface area contributed by atoms with Crippen LogP contribution in [0.2, 0.25) is 0 Å². The summed E-state index contributed by atoms with van der Waals surface area (Å²) in [5, 5.41) is 11.5. The van der Waals surface area contributed by atoms with E-state index in [1.54, 1.807) is 72.8 Å². The number of primary amides is 1. The van der Waals surface area contributed by atoms with Crippen LogP contribution in [-0.4, -0.2) is 51.3 Å². The zero-order valence-corrected chi connectivity index (χ0v) is 24.4. The summed E-state index contributed by atoms with van der Waals surface area (Å²) < 4.78 is 54.4. The van der Waals surface area contributed by atoms with Crippen molar-refractivity contribution in [2.75, 3.05) is 21.8 Å². The fourth-order valence-electron chi connectivity index (χ4n) is 4.51. The predicted molar refractivity (Wildman–Crippen MR) is 167 cm³/mol. The standard InChI is InChI=1S/C30H27N5O6S2/c1-42(38,39)35(19-27(31)36)23-14-12-21(13-15-23)32-29(20-8-4-2-5-9-20)28-25-18-24(16-17-26(25)33-30(28)37)43(40,41)34-22-10-6-3-7-11-22/h2-18,33-34,37H,19H2,1H3,(H2,31,36). The van der Waals surface area contributed by atoms with Gasteiger partial charge in [-0.3, -0.25) is 13.8 Å². The summed E-state index contributed by atoms with van der Waals surface area (Å²) in [5.41, 5.74) is 7.99. The normalized spacial score (nSPS) is 12.3. The fraction of sp³-hybridized carbons (Fsp3) is 0.0667. The Labute approximate surface area is 248 Å². The highest BCUT2D eigenvalue weighted by molar-refractivity contribution is 7.92. The molecular weight excluding hydrogens is 590 g/mol. The zero-order valence-electron chi connectivity index (χ0n) is 22.8. The lowest BCUT2D eigenvalue weighted by Crippen LogP contribution is -2.37. The molecule has 13 heteroatoms. The maximum absolute atomic E-state index is 13.2. The average Bonchev–Trinajstić information content (AvgIpc) is 3.30. The number of nitrogens with two attached hydrogens (primary N) is 1. The molecule has 4 aromatic carbocycles. The summed E-state index contributed by atoms with van der Waals surface area (Å²) in [6.45, 7) is -0.524. The molecule has 0 saturated heterocycles. The first-order valence-corrected chi connectivity index (χ1v) is 16.2. The van der Waals surface area contributed by atoms with Gasteiger partial charge in [-0.1, -0.05) is 48.5 Å². The highest BCUT2D eigenvalue weighted by Crippen LogP contribution is 2.34. The Morgan fingerprint density at radius 3 is 2.14 bits per heavy atom. The number of nitrogens with zero attached hydrogens (tertiary/aromatic N) is 2. The van der Waals surface area contributed by atoms with Gasteiger partial charge in [0.2, 0.25) is 15.9 Å². The van der Waals surface area contributed by atoms with Gasteiger partial charge in [-0.05, 0) is 54.6 Å². The Hall–Kier alpha value is -5.14. The van der Waals surface area contributed by atoms with Gasteiger partial charge < -0.3 is 15.8 Å². The molecule has 1 heterocycles. The summed E-state index contributed by atoms with van der Waals surface area (Å²) in [6.07, 6.45) is 0.971. The molecule has 0 saturated carbocycles. The number of aromatic hydroxyl groups is 1. The van der Waals surface area contributed by atoms with E-state index in [4.69, 9.17) is 10.7 Å². The lowest BCUT2D eigenvalue weighted by Gasteiger charge is -2.20. The smallest absolute Gasteiger partial charge is 0.261 e. The predicted octanol–water partition coefficient (Wildman–Crippen LogP) is 4.09. The van der Waals surface area contributed by atoms with E-state index in [9.17, 15) is 26.7 Å². The Kier molecular flexibility index (Phi) is 7.93. The lowest BCUT2D eigenvalue weighted by molar-refractivity contribution is -0.116. The van der Waals surface area contributed by atoms with Crippen molar-refractivity contribution < 1.29 is 26.7 Å². The first kappa shape index (κ1) is 29.4. The number of carbonyl (C=O) groups is 1. The monoisotopic (exact) mass is 617 g/mol. The maximum Gasteiger partial charge on any atom is 0.261 e. The average molecular weight is 618 g/mol. The quantitative estimate of drug-likeness (QED) is 0.172. The van der Waals surface area contributed by atoms with Crippen LogP contribution in [0.3, 0.4) is 0 Å². The lowest BCUT2D eigenvalue weighted by atomic mass is 10.0. The van der Waals surface area contributed by atoms with Crippen molar-refractivity contribution in [3.8, 4) is 5.88 Å². The molecule has 5 N–H and O–H groups in total. The van der Waals surface area contributed by atoms with Crippen LogP contribution in [0.1, 0.15) is 11.1 Å². The fourth-order valence-corrected chi connectivity index (χ4v) is 6.46. The van der Waals surface area contributed by atoms with Crippen LogP contribution in [0.25, 0.3) is 10.9 Å². The number of nitrogens with one attached hydrogen (secondary N) is 2. The molecule has 0 unspecified atom stereocenters. The number of aliphatic imine (C=N–C) groups is 1. The van der Waals surface area contributed by atoms with Gasteiger partial charge in [0.15, 0.2) is 5.88 Å². The molecule has 0 aliphatic rings. The summed E-state index contributed by atoms with van der Waals surface area (Å²) in [7, 11) is -7.76.